The van der Waals surface area contributed by atoms with E-state index in [0.29, 0.717) is 17.2 Å². The molecule has 0 bridgehead atoms. The Hall–Kier alpha value is -2.63. The average molecular weight is 276 g/mol. The minimum absolute atomic E-state index is 0.266. The van der Waals surface area contributed by atoms with Gasteiger partial charge in [-0.2, -0.15) is 4.39 Å². The molecule has 0 spiro atoms. The predicted molar refractivity (Wildman–Crippen MR) is 71.7 cm³/mol. The fourth-order valence-corrected chi connectivity index (χ4v) is 1.72. The van der Waals surface area contributed by atoms with Crippen molar-refractivity contribution in [2.75, 3.05) is 19.5 Å². The number of aromatic nitrogens is 1. The highest BCUT2D eigenvalue weighted by molar-refractivity contribution is 6.08. The number of carbonyl (C=O) groups excluding carboxylic acids is 1. The Morgan fingerprint density at radius 2 is 1.80 bits per heavy atom. The van der Waals surface area contributed by atoms with Crippen LogP contribution in [-0.4, -0.2) is 25.1 Å². The summed E-state index contributed by atoms with van der Waals surface area (Å²) in [7, 11) is 2.93. The summed E-state index contributed by atoms with van der Waals surface area (Å²) in [6, 6.07) is 7.60. The number of nitrogens with one attached hydrogen (secondary N) is 1. The highest BCUT2D eigenvalue weighted by Crippen LogP contribution is 2.28. The molecule has 1 N–H and O–H groups in total. The molecule has 5 nitrogen and oxygen atoms in total. The van der Waals surface area contributed by atoms with E-state index < -0.39 is 11.9 Å². The second-order valence-corrected chi connectivity index (χ2v) is 3.86. The van der Waals surface area contributed by atoms with Gasteiger partial charge >= 0.3 is 0 Å². The van der Waals surface area contributed by atoms with Crippen LogP contribution in [0.5, 0.6) is 11.5 Å². The first-order valence-corrected chi connectivity index (χ1v) is 5.79. The quantitative estimate of drug-likeness (QED) is 0.871. The van der Waals surface area contributed by atoms with Gasteiger partial charge in [0.1, 0.15) is 17.1 Å². The largest absolute Gasteiger partial charge is 0.496 e. The fraction of sp³-hybridized carbons (Fsp3) is 0.143. The van der Waals surface area contributed by atoms with E-state index in [2.05, 4.69) is 10.3 Å². The van der Waals surface area contributed by atoms with Crippen LogP contribution in [0.2, 0.25) is 0 Å². The minimum Gasteiger partial charge on any atom is -0.496 e. The van der Waals surface area contributed by atoms with E-state index in [1.807, 2.05) is 0 Å². The first-order valence-electron chi connectivity index (χ1n) is 5.79. The average Bonchev–Trinajstić information content (AvgIpc) is 2.48. The van der Waals surface area contributed by atoms with Gasteiger partial charge in [-0.05, 0) is 24.3 Å². The van der Waals surface area contributed by atoms with Crippen molar-refractivity contribution < 1.29 is 18.7 Å². The SMILES string of the molecule is COc1cccc(OC)c1C(=O)Nc1ccc(F)nc1. The molecule has 1 aromatic carbocycles. The molecule has 1 amide bonds. The van der Waals surface area contributed by atoms with E-state index >= 15 is 0 Å². The standard InChI is InChI=1S/C14H13FN2O3/c1-19-10-4-3-5-11(20-2)13(10)14(18)17-9-6-7-12(15)16-8-9/h3-8H,1-2H3,(H,17,18). The number of pyridine rings is 1. The molecule has 0 saturated heterocycles. The third-order valence-corrected chi connectivity index (χ3v) is 2.64. The van der Waals surface area contributed by atoms with Crippen molar-refractivity contribution in [2.24, 2.45) is 0 Å². The van der Waals surface area contributed by atoms with Gasteiger partial charge in [-0.3, -0.25) is 4.79 Å². The molecule has 0 atom stereocenters. The Kier molecular flexibility index (Phi) is 4.14. The van der Waals surface area contributed by atoms with Crippen LogP contribution in [0.3, 0.4) is 0 Å². The molecule has 6 heteroatoms. The number of hydrogen-bond donors (Lipinski definition) is 1. The van der Waals surface area contributed by atoms with Crippen molar-refractivity contribution >= 4 is 11.6 Å². The molecule has 0 aliphatic carbocycles. The van der Waals surface area contributed by atoms with Gasteiger partial charge < -0.3 is 14.8 Å². The zero-order valence-electron chi connectivity index (χ0n) is 11.0. The number of amides is 1. The molecule has 2 rings (SSSR count). The van der Waals surface area contributed by atoms with Crippen LogP contribution in [0.1, 0.15) is 10.4 Å². The number of nitrogens with zero attached hydrogens (tertiary/aromatic N) is 1. The zero-order chi connectivity index (χ0) is 14.5. The Bertz CT molecular complexity index is 592. The number of anilines is 1. The highest BCUT2D eigenvalue weighted by Gasteiger charge is 2.18. The smallest absolute Gasteiger partial charge is 0.263 e. The van der Waals surface area contributed by atoms with E-state index in [9.17, 15) is 9.18 Å². The third-order valence-electron chi connectivity index (χ3n) is 2.64. The van der Waals surface area contributed by atoms with Gasteiger partial charge in [-0.25, -0.2) is 4.98 Å². The third kappa shape index (κ3) is 2.85. The molecule has 0 fully saturated rings. The Morgan fingerprint density at radius 1 is 1.15 bits per heavy atom. The van der Waals surface area contributed by atoms with Gasteiger partial charge in [0, 0.05) is 0 Å². The zero-order valence-corrected chi connectivity index (χ0v) is 11.0. The molecule has 1 aromatic heterocycles. The lowest BCUT2D eigenvalue weighted by Crippen LogP contribution is -2.14. The van der Waals surface area contributed by atoms with Gasteiger partial charge in [0.05, 0.1) is 26.1 Å². The monoisotopic (exact) mass is 276 g/mol. The van der Waals surface area contributed by atoms with E-state index in [1.165, 1.54) is 26.5 Å². The number of halogens is 1. The van der Waals surface area contributed by atoms with Crippen molar-refractivity contribution in [1.29, 1.82) is 0 Å². The molecule has 104 valence electrons. The Labute approximate surface area is 115 Å². The van der Waals surface area contributed by atoms with Crippen LogP contribution in [0.25, 0.3) is 0 Å². The summed E-state index contributed by atoms with van der Waals surface area (Å²) in [6.07, 6.45) is 1.23. The van der Waals surface area contributed by atoms with Crippen LogP contribution < -0.4 is 14.8 Å². The summed E-state index contributed by atoms with van der Waals surface area (Å²) >= 11 is 0. The molecule has 0 aliphatic heterocycles. The molecule has 0 aliphatic rings. The van der Waals surface area contributed by atoms with Crippen molar-refractivity contribution in [3.63, 3.8) is 0 Å². The van der Waals surface area contributed by atoms with Crippen LogP contribution in [0.4, 0.5) is 10.1 Å². The lowest BCUT2D eigenvalue weighted by molar-refractivity contribution is 0.102. The first kappa shape index (κ1) is 13.8. The summed E-state index contributed by atoms with van der Waals surface area (Å²) in [5, 5.41) is 2.61. The number of methoxy groups -OCH3 is 2. The van der Waals surface area contributed by atoms with Gasteiger partial charge in [0.2, 0.25) is 5.95 Å². The minimum atomic E-state index is -0.613. The number of carbonyl (C=O) groups is 1. The van der Waals surface area contributed by atoms with E-state index in [1.54, 1.807) is 18.2 Å². The van der Waals surface area contributed by atoms with Gasteiger partial charge in [-0.15, -0.1) is 0 Å². The topological polar surface area (TPSA) is 60.5 Å². The van der Waals surface area contributed by atoms with Gasteiger partial charge in [-0.1, -0.05) is 6.07 Å². The maximum Gasteiger partial charge on any atom is 0.263 e. The number of benzene rings is 1. The Morgan fingerprint density at radius 3 is 2.30 bits per heavy atom. The van der Waals surface area contributed by atoms with Gasteiger partial charge in [0.15, 0.2) is 0 Å². The maximum absolute atomic E-state index is 12.7. The second kappa shape index (κ2) is 6.01. The van der Waals surface area contributed by atoms with Crippen molar-refractivity contribution in [1.82, 2.24) is 4.98 Å². The van der Waals surface area contributed by atoms with Crippen LogP contribution in [0.15, 0.2) is 36.5 Å². The second-order valence-electron chi connectivity index (χ2n) is 3.86. The van der Waals surface area contributed by atoms with E-state index in [4.69, 9.17) is 9.47 Å². The van der Waals surface area contributed by atoms with Crippen molar-refractivity contribution in [3.05, 3.63) is 48.0 Å². The normalized spacial score (nSPS) is 9.95. The first-order chi connectivity index (χ1) is 9.65. The molecule has 2 aromatic rings. The molecule has 1 heterocycles. The van der Waals surface area contributed by atoms with Gasteiger partial charge in [0.25, 0.3) is 5.91 Å². The Balaban J connectivity index is 2.31. The summed E-state index contributed by atoms with van der Waals surface area (Å²) in [5.74, 6) is -0.264. The molecule has 20 heavy (non-hydrogen) atoms. The summed E-state index contributed by atoms with van der Waals surface area (Å²) in [5.41, 5.74) is 0.645. The van der Waals surface area contributed by atoms with Crippen molar-refractivity contribution in [2.45, 2.75) is 0 Å². The molecule has 0 unspecified atom stereocenters. The predicted octanol–water partition coefficient (Wildman–Crippen LogP) is 2.49. The summed E-state index contributed by atoms with van der Waals surface area (Å²) < 4.78 is 23.0. The number of ether oxygens (including phenoxy) is 2. The van der Waals surface area contributed by atoms with Crippen LogP contribution in [-0.2, 0) is 0 Å². The number of hydrogen-bond acceptors (Lipinski definition) is 4. The molecule has 0 radical (unpaired) electrons. The van der Waals surface area contributed by atoms with E-state index in [0.717, 1.165) is 6.07 Å². The fourth-order valence-electron chi connectivity index (χ4n) is 1.72. The lowest BCUT2D eigenvalue weighted by atomic mass is 10.1. The number of rotatable bonds is 4. The highest BCUT2D eigenvalue weighted by atomic mass is 19.1. The van der Waals surface area contributed by atoms with Crippen molar-refractivity contribution in [3.8, 4) is 11.5 Å². The summed E-state index contributed by atoms with van der Waals surface area (Å²) in [6.45, 7) is 0. The summed E-state index contributed by atoms with van der Waals surface area (Å²) in [4.78, 5) is 15.7. The van der Waals surface area contributed by atoms with Crippen LogP contribution in [0, 0.1) is 5.95 Å². The van der Waals surface area contributed by atoms with E-state index in [-0.39, 0.29) is 5.56 Å². The molecular formula is C14H13FN2O3. The molecular weight excluding hydrogens is 263 g/mol. The maximum atomic E-state index is 12.7. The van der Waals surface area contributed by atoms with Crippen LogP contribution >= 0.6 is 0 Å². The molecule has 0 saturated carbocycles. The lowest BCUT2D eigenvalue weighted by Gasteiger charge is -2.12.